The van der Waals surface area contributed by atoms with Gasteiger partial charge in [-0.2, -0.15) is 0 Å². The fourth-order valence-corrected chi connectivity index (χ4v) is 2.99. The minimum Gasteiger partial charge on any atom is -0.362 e. The van der Waals surface area contributed by atoms with Gasteiger partial charge in [-0.05, 0) is 44.0 Å². The molecule has 0 fully saturated rings. The van der Waals surface area contributed by atoms with E-state index in [1.807, 2.05) is 13.8 Å². The number of nitro groups is 1. The maximum atomic E-state index is 10.8. The summed E-state index contributed by atoms with van der Waals surface area (Å²) in [6.07, 6.45) is 3.25. The van der Waals surface area contributed by atoms with Crippen LogP contribution in [0, 0.1) is 24.0 Å². The highest BCUT2D eigenvalue weighted by Crippen LogP contribution is 2.29. The van der Waals surface area contributed by atoms with Crippen molar-refractivity contribution in [3.05, 3.63) is 81.7 Å². The van der Waals surface area contributed by atoms with Crippen LogP contribution in [0.2, 0.25) is 0 Å². The number of nitro benzene ring substituents is 1. The van der Waals surface area contributed by atoms with E-state index in [1.165, 1.54) is 28.8 Å². The van der Waals surface area contributed by atoms with Crippen molar-refractivity contribution in [3.8, 4) is 11.3 Å². The number of aryl methyl sites for hydroxylation is 2. The highest BCUT2D eigenvalue weighted by molar-refractivity contribution is 5.72. The molecule has 1 unspecified atom stereocenters. The molecule has 3 rings (SSSR count). The zero-order valence-corrected chi connectivity index (χ0v) is 16.9. The summed E-state index contributed by atoms with van der Waals surface area (Å²) >= 11 is 0. The van der Waals surface area contributed by atoms with Gasteiger partial charge in [0.15, 0.2) is 5.82 Å². The maximum Gasteiger partial charge on any atom is 0.269 e. The lowest BCUT2D eigenvalue weighted by atomic mass is 10.00. The molecule has 6 nitrogen and oxygen atoms in total. The quantitative estimate of drug-likeness (QED) is 0.444. The third-order valence-corrected chi connectivity index (χ3v) is 4.29. The molecule has 0 radical (unpaired) electrons. The molecule has 2 aromatic carbocycles. The van der Waals surface area contributed by atoms with E-state index in [4.69, 9.17) is 0 Å². The Morgan fingerprint density at radius 1 is 1.00 bits per heavy atom. The number of nitrogens with one attached hydrogen (secondary N) is 1. The zero-order chi connectivity index (χ0) is 20.7. The van der Waals surface area contributed by atoms with Gasteiger partial charge in [0.05, 0.1) is 11.0 Å². The van der Waals surface area contributed by atoms with Crippen LogP contribution in [0.3, 0.4) is 0 Å². The average molecular weight is 378 g/mol. The van der Waals surface area contributed by atoms with Crippen LogP contribution in [0.25, 0.3) is 11.3 Å². The Labute approximate surface area is 165 Å². The SMILES string of the molecule is CC.Cc1ccc(C(C)Nc2nccnc2-c2ccc([N+](=O)[O-])cc2)c(C)c1. The maximum absolute atomic E-state index is 10.8. The van der Waals surface area contributed by atoms with Crippen LogP contribution in [-0.4, -0.2) is 14.9 Å². The van der Waals surface area contributed by atoms with E-state index in [1.54, 1.807) is 24.5 Å². The summed E-state index contributed by atoms with van der Waals surface area (Å²) < 4.78 is 0. The standard InChI is InChI=1S/C20H20N4O2.C2H6/c1-13-4-9-18(14(2)12-13)15(3)23-20-19(21-10-11-22-20)16-5-7-17(8-6-16)24(25)26;1-2/h4-12,15H,1-3H3,(H,22,23);1-2H3. The first-order chi connectivity index (χ1) is 13.5. The molecule has 1 N–H and O–H groups in total. The van der Waals surface area contributed by atoms with E-state index < -0.39 is 4.92 Å². The zero-order valence-electron chi connectivity index (χ0n) is 16.9. The topological polar surface area (TPSA) is 81.0 Å². The molecule has 1 atom stereocenters. The molecule has 0 aliphatic heterocycles. The molecule has 0 saturated heterocycles. The molecule has 28 heavy (non-hydrogen) atoms. The monoisotopic (exact) mass is 378 g/mol. The van der Waals surface area contributed by atoms with E-state index in [-0.39, 0.29) is 11.7 Å². The minimum atomic E-state index is -0.415. The van der Waals surface area contributed by atoms with E-state index in [0.29, 0.717) is 11.5 Å². The Kier molecular flexibility index (Phi) is 7.21. The molecule has 6 heteroatoms. The second-order valence-electron chi connectivity index (χ2n) is 6.28. The number of hydrogen-bond donors (Lipinski definition) is 1. The van der Waals surface area contributed by atoms with E-state index in [9.17, 15) is 10.1 Å². The van der Waals surface area contributed by atoms with Gasteiger partial charge < -0.3 is 5.32 Å². The Bertz CT molecular complexity index is 940. The average Bonchev–Trinajstić information content (AvgIpc) is 2.70. The Morgan fingerprint density at radius 2 is 1.64 bits per heavy atom. The van der Waals surface area contributed by atoms with Crippen molar-refractivity contribution in [3.63, 3.8) is 0 Å². The normalized spacial score (nSPS) is 11.2. The van der Waals surface area contributed by atoms with Gasteiger partial charge in [-0.1, -0.05) is 37.6 Å². The van der Waals surface area contributed by atoms with Crippen molar-refractivity contribution in [1.82, 2.24) is 9.97 Å². The van der Waals surface area contributed by atoms with Crippen LogP contribution < -0.4 is 5.32 Å². The second-order valence-corrected chi connectivity index (χ2v) is 6.28. The molecule has 0 aliphatic rings. The number of hydrogen-bond acceptors (Lipinski definition) is 5. The molecule has 0 spiro atoms. The van der Waals surface area contributed by atoms with Crippen molar-refractivity contribution in [2.24, 2.45) is 0 Å². The molecule has 0 aliphatic carbocycles. The van der Waals surface area contributed by atoms with Gasteiger partial charge in [-0.3, -0.25) is 15.1 Å². The molecular formula is C22H26N4O2. The fourth-order valence-electron chi connectivity index (χ4n) is 2.99. The fraction of sp³-hybridized carbons (Fsp3) is 0.273. The van der Waals surface area contributed by atoms with Gasteiger partial charge in [0.25, 0.3) is 5.69 Å². The first-order valence-electron chi connectivity index (χ1n) is 9.35. The Hall–Kier alpha value is -3.28. The van der Waals surface area contributed by atoms with Gasteiger partial charge in [0.1, 0.15) is 5.69 Å². The lowest BCUT2D eigenvalue weighted by Gasteiger charge is -2.19. The lowest BCUT2D eigenvalue weighted by Crippen LogP contribution is -2.11. The summed E-state index contributed by atoms with van der Waals surface area (Å²) in [6, 6.07) is 12.7. The lowest BCUT2D eigenvalue weighted by molar-refractivity contribution is -0.384. The van der Waals surface area contributed by atoms with Crippen molar-refractivity contribution in [1.29, 1.82) is 0 Å². The molecule has 3 aromatic rings. The minimum absolute atomic E-state index is 0.0455. The highest BCUT2D eigenvalue weighted by atomic mass is 16.6. The number of nitrogens with zero attached hydrogens (tertiary/aromatic N) is 3. The Balaban J connectivity index is 0.00000136. The number of non-ortho nitro benzene ring substituents is 1. The molecular weight excluding hydrogens is 352 g/mol. The second kappa shape index (κ2) is 9.60. The van der Waals surface area contributed by atoms with Gasteiger partial charge in [0, 0.05) is 30.1 Å². The van der Waals surface area contributed by atoms with E-state index >= 15 is 0 Å². The van der Waals surface area contributed by atoms with Crippen LogP contribution in [0.15, 0.2) is 54.9 Å². The van der Waals surface area contributed by atoms with Crippen molar-refractivity contribution in [2.45, 2.75) is 40.7 Å². The van der Waals surface area contributed by atoms with Crippen molar-refractivity contribution >= 4 is 11.5 Å². The van der Waals surface area contributed by atoms with E-state index in [0.717, 1.165) is 5.56 Å². The van der Waals surface area contributed by atoms with Crippen LogP contribution in [0.1, 0.15) is 43.5 Å². The molecule has 0 saturated carbocycles. The Morgan fingerprint density at radius 3 is 2.25 bits per heavy atom. The van der Waals surface area contributed by atoms with Crippen LogP contribution in [0.5, 0.6) is 0 Å². The first kappa shape index (κ1) is 21.0. The van der Waals surface area contributed by atoms with Crippen LogP contribution in [-0.2, 0) is 0 Å². The number of anilines is 1. The smallest absolute Gasteiger partial charge is 0.269 e. The van der Waals surface area contributed by atoms with Gasteiger partial charge in [-0.15, -0.1) is 0 Å². The summed E-state index contributed by atoms with van der Waals surface area (Å²) in [5.41, 5.74) is 5.13. The molecule has 0 amide bonds. The highest BCUT2D eigenvalue weighted by Gasteiger charge is 2.14. The van der Waals surface area contributed by atoms with E-state index in [2.05, 4.69) is 54.3 Å². The number of aromatic nitrogens is 2. The van der Waals surface area contributed by atoms with Gasteiger partial charge in [-0.25, -0.2) is 4.98 Å². The predicted octanol–water partition coefficient (Wildman–Crippen LogP) is 5.87. The number of benzene rings is 2. The summed E-state index contributed by atoms with van der Waals surface area (Å²) in [5.74, 6) is 0.647. The van der Waals surface area contributed by atoms with Crippen LogP contribution in [0.4, 0.5) is 11.5 Å². The molecule has 1 heterocycles. The van der Waals surface area contributed by atoms with Crippen molar-refractivity contribution < 1.29 is 4.92 Å². The predicted molar refractivity (Wildman–Crippen MR) is 113 cm³/mol. The summed E-state index contributed by atoms with van der Waals surface area (Å²) in [7, 11) is 0. The molecule has 1 aromatic heterocycles. The summed E-state index contributed by atoms with van der Waals surface area (Å²) in [4.78, 5) is 19.3. The van der Waals surface area contributed by atoms with Crippen molar-refractivity contribution in [2.75, 3.05) is 5.32 Å². The first-order valence-corrected chi connectivity index (χ1v) is 9.35. The number of rotatable bonds is 5. The largest absolute Gasteiger partial charge is 0.362 e. The molecule has 0 bridgehead atoms. The van der Waals surface area contributed by atoms with Crippen LogP contribution >= 0.6 is 0 Å². The molecule has 146 valence electrons. The summed E-state index contributed by atoms with van der Waals surface area (Å²) in [5, 5.41) is 14.3. The van der Waals surface area contributed by atoms with Gasteiger partial charge >= 0.3 is 0 Å². The third kappa shape index (κ3) is 4.91. The van der Waals surface area contributed by atoms with Gasteiger partial charge in [0.2, 0.25) is 0 Å². The third-order valence-electron chi connectivity index (χ3n) is 4.29. The summed E-state index contributed by atoms with van der Waals surface area (Å²) in [6.45, 7) is 10.2.